The number of methoxy groups -OCH3 is 1. The lowest BCUT2D eigenvalue weighted by molar-refractivity contribution is -0.121. The van der Waals surface area contributed by atoms with E-state index < -0.39 is 0 Å². The number of carbonyl (C=O) groups excluding carboxylic acids is 1. The van der Waals surface area contributed by atoms with Crippen LogP contribution in [0.4, 0.5) is 0 Å². The molecule has 0 atom stereocenters. The maximum atomic E-state index is 12.3. The first kappa shape index (κ1) is 17.7. The molecular formula is C19H28N4O2. The third-order valence-corrected chi connectivity index (χ3v) is 5.29. The molecule has 0 bridgehead atoms. The van der Waals surface area contributed by atoms with Crippen molar-refractivity contribution in [1.29, 1.82) is 0 Å². The number of aryl methyl sites for hydroxylation is 3. The van der Waals surface area contributed by atoms with Crippen LogP contribution in [0.1, 0.15) is 55.3 Å². The number of rotatable bonds is 5. The predicted octanol–water partition coefficient (Wildman–Crippen LogP) is 2.98. The molecule has 0 aliphatic heterocycles. The molecule has 136 valence electrons. The average Bonchev–Trinajstić information content (AvgIpc) is 2.91. The van der Waals surface area contributed by atoms with Gasteiger partial charge in [-0.3, -0.25) is 4.79 Å². The topological polar surface area (TPSA) is 69.0 Å². The summed E-state index contributed by atoms with van der Waals surface area (Å²) in [5, 5.41) is 8.51. The molecule has 1 fully saturated rings. The summed E-state index contributed by atoms with van der Waals surface area (Å²) in [7, 11) is 3.49. The van der Waals surface area contributed by atoms with Gasteiger partial charge in [0.1, 0.15) is 0 Å². The second-order valence-electron chi connectivity index (χ2n) is 7.03. The van der Waals surface area contributed by atoms with E-state index in [4.69, 9.17) is 4.74 Å². The number of amides is 1. The van der Waals surface area contributed by atoms with Gasteiger partial charge >= 0.3 is 0 Å². The van der Waals surface area contributed by atoms with Gasteiger partial charge in [-0.25, -0.2) is 9.67 Å². The van der Waals surface area contributed by atoms with Crippen LogP contribution in [-0.4, -0.2) is 33.8 Å². The molecule has 0 unspecified atom stereocenters. The number of aromatic nitrogens is 3. The van der Waals surface area contributed by atoms with E-state index in [1.54, 1.807) is 11.8 Å². The van der Waals surface area contributed by atoms with E-state index >= 15 is 0 Å². The van der Waals surface area contributed by atoms with E-state index in [1.165, 1.54) is 19.3 Å². The van der Waals surface area contributed by atoms with Crippen molar-refractivity contribution in [2.75, 3.05) is 7.11 Å². The van der Waals surface area contributed by atoms with Crippen LogP contribution in [0.2, 0.25) is 0 Å². The first-order valence-corrected chi connectivity index (χ1v) is 9.17. The smallest absolute Gasteiger partial charge is 0.242 e. The fraction of sp³-hybridized carbons (Fsp3) is 0.632. The van der Waals surface area contributed by atoms with Crippen LogP contribution in [0.5, 0.6) is 5.88 Å². The Morgan fingerprint density at radius 2 is 2.00 bits per heavy atom. The summed E-state index contributed by atoms with van der Waals surface area (Å²) >= 11 is 0. The van der Waals surface area contributed by atoms with Gasteiger partial charge < -0.3 is 10.1 Å². The van der Waals surface area contributed by atoms with Gasteiger partial charge in [0, 0.05) is 25.2 Å². The predicted molar refractivity (Wildman–Crippen MR) is 97.9 cm³/mol. The number of nitrogens with zero attached hydrogens (tertiary/aromatic N) is 3. The summed E-state index contributed by atoms with van der Waals surface area (Å²) in [6, 6.07) is 0.363. The number of hydrogen-bond donors (Lipinski definition) is 1. The Labute approximate surface area is 149 Å². The summed E-state index contributed by atoms with van der Waals surface area (Å²) in [5.74, 6) is 0.736. The first-order chi connectivity index (χ1) is 12.0. The Morgan fingerprint density at radius 3 is 2.68 bits per heavy atom. The highest BCUT2D eigenvalue weighted by molar-refractivity contribution is 5.86. The highest BCUT2D eigenvalue weighted by Gasteiger charge is 2.19. The number of pyridine rings is 1. The van der Waals surface area contributed by atoms with Crippen molar-refractivity contribution in [3.63, 3.8) is 0 Å². The highest BCUT2D eigenvalue weighted by atomic mass is 16.5. The number of hydrogen-bond acceptors (Lipinski definition) is 4. The molecule has 25 heavy (non-hydrogen) atoms. The molecule has 1 aliphatic rings. The van der Waals surface area contributed by atoms with E-state index in [2.05, 4.69) is 22.3 Å². The minimum Gasteiger partial charge on any atom is -0.479 e. The molecule has 0 saturated heterocycles. The molecule has 2 heterocycles. The Hall–Kier alpha value is -2.11. The standard InChI is InChI=1S/C19H28N4O2/c1-12-15(10-11-16(24)21-14-8-6-5-7-9-14)13(2)20-18-17(12)19(25-4)22-23(18)3/h14H,5-11H2,1-4H3,(H,21,24). The molecule has 2 aromatic heterocycles. The van der Waals surface area contributed by atoms with E-state index in [-0.39, 0.29) is 5.91 Å². The van der Waals surface area contributed by atoms with Gasteiger partial charge in [-0.2, -0.15) is 0 Å². The molecule has 0 spiro atoms. The first-order valence-electron chi connectivity index (χ1n) is 9.17. The van der Waals surface area contributed by atoms with E-state index in [0.717, 1.165) is 40.7 Å². The number of nitrogens with one attached hydrogen (secondary N) is 1. The highest BCUT2D eigenvalue weighted by Crippen LogP contribution is 2.30. The molecule has 0 aromatic carbocycles. The zero-order chi connectivity index (χ0) is 18.0. The van der Waals surface area contributed by atoms with Gasteiger partial charge in [0.25, 0.3) is 0 Å². The van der Waals surface area contributed by atoms with Crippen molar-refractivity contribution in [3.05, 3.63) is 16.8 Å². The number of carbonyl (C=O) groups is 1. The summed E-state index contributed by atoms with van der Waals surface area (Å²) < 4.78 is 7.14. The monoisotopic (exact) mass is 344 g/mol. The number of ether oxygens (including phenoxy) is 1. The zero-order valence-corrected chi connectivity index (χ0v) is 15.7. The van der Waals surface area contributed by atoms with Crippen molar-refractivity contribution < 1.29 is 9.53 Å². The van der Waals surface area contributed by atoms with Gasteiger partial charge in [-0.1, -0.05) is 19.3 Å². The van der Waals surface area contributed by atoms with Crippen LogP contribution >= 0.6 is 0 Å². The normalized spacial score (nSPS) is 15.5. The summed E-state index contributed by atoms with van der Waals surface area (Å²) in [6.45, 7) is 4.07. The third kappa shape index (κ3) is 3.62. The van der Waals surface area contributed by atoms with Gasteiger partial charge in [0.15, 0.2) is 5.65 Å². The van der Waals surface area contributed by atoms with Crippen molar-refractivity contribution in [1.82, 2.24) is 20.1 Å². The SMILES string of the molecule is COc1nn(C)c2nc(C)c(CCC(=O)NC3CCCCC3)c(C)c12. The van der Waals surface area contributed by atoms with Crippen molar-refractivity contribution in [2.24, 2.45) is 7.05 Å². The summed E-state index contributed by atoms with van der Waals surface area (Å²) in [6.07, 6.45) is 7.16. The second-order valence-corrected chi connectivity index (χ2v) is 7.03. The fourth-order valence-corrected chi connectivity index (χ4v) is 3.89. The minimum atomic E-state index is 0.143. The van der Waals surface area contributed by atoms with Gasteiger partial charge in [-0.15, -0.1) is 5.10 Å². The van der Waals surface area contributed by atoms with Crippen LogP contribution in [0.3, 0.4) is 0 Å². The van der Waals surface area contributed by atoms with Gasteiger partial charge in [0.05, 0.1) is 12.5 Å². The van der Waals surface area contributed by atoms with Gasteiger partial charge in [0.2, 0.25) is 11.8 Å². The molecular weight excluding hydrogens is 316 g/mol. The summed E-state index contributed by atoms with van der Waals surface area (Å²) in [4.78, 5) is 17.0. The second kappa shape index (κ2) is 7.42. The molecule has 3 rings (SSSR count). The Kier molecular flexibility index (Phi) is 5.25. The Morgan fingerprint density at radius 1 is 1.28 bits per heavy atom. The minimum absolute atomic E-state index is 0.143. The van der Waals surface area contributed by atoms with Gasteiger partial charge in [-0.05, 0) is 44.2 Å². The van der Waals surface area contributed by atoms with Crippen molar-refractivity contribution in [3.8, 4) is 5.88 Å². The molecule has 0 radical (unpaired) electrons. The maximum absolute atomic E-state index is 12.3. The fourth-order valence-electron chi connectivity index (χ4n) is 3.89. The molecule has 6 heteroatoms. The Bertz CT molecular complexity index is 776. The van der Waals surface area contributed by atoms with Crippen LogP contribution in [-0.2, 0) is 18.3 Å². The molecule has 2 aromatic rings. The maximum Gasteiger partial charge on any atom is 0.242 e. The molecule has 6 nitrogen and oxygen atoms in total. The zero-order valence-electron chi connectivity index (χ0n) is 15.7. The van der Waals surface area contributed by atoms with E-state index in [9.17, 15) is 4.79 Å². The largest absolute Gasteiger partial charge is 0.479 e. The van der Waals surface area contributed by atoms with Crippen molar-refractivity contribution >= 4 is 16.9 Å². The molecule has 1 N–H and O–H groups in total. The Balaban J connectivity index is 1.75. The summed E-state index contributed by atoms with van der Waals surface area (Å²) in [5.41, 5.74) is 4.01. The van der Waals surface area contributed by atoms with Crippen LogP contribution in [0, 0.1) is 13.8 Å². The van der Waals surface area contributed by atoms with Crippen LogP contribution in [0.25, 0.3) is 11.0 Å². The third-order valence-electron chi connectivity index (χ3n) is 5.29. The lowest BCUT2D eigenvalue weighted by Crippen LogP contribution is -2.36. The number of fused-ring (bicyclic) bond motifs is 1. The van der Waals surface area contributed by atoms with E-state index in [0.29, 0.717) is 24.8 Å². The molecule has 1 saturated carbocycles. The molecule has 1 aliphatic carbocycles. The lowest BCUT2D eigenvalue weighted by atomic mass is 9.95. The van der Waals surface area contributed by atoms with E-state index in [1.807, 2.05) is 14.0 Å². The lowest BCUT2D eigenvalue weighted by Gasteiger charge is -2.22. The molecule has 1 amide bonds. The quantitative estimate of drug-likeness (QED) is 0.905. The van der Waals surface area contributed by atoms with Crippen molar-refractivity contribution in [2.45, 2.75) is 64.8 Å². The van der Waals surface area contributed by atoms with Crippen LogP contribution in [0.15, 0.2) is 0 Å². The van der Waals surface area contributed by atoms with Crippen LogP contribution < -0.4 is 10.1 Å². The average molecular weight is 344 g/mol.